The van der Waals surface area contributed by atoms with E-state index in [-0.39, 0.29) is 5.69 Å². The van der Waals surface area contributed by atoms with Crippen molar-refractivity contribution in [3.05, 3.63) is 58.1 Å². The summed E-state index contributed by atoms with van der Waals surface area (Å²) in [4.78, 5) is 12.6. The molecule has 24 heavy (non-hydrogen) atoms. The third kappa shape index (κ3) is 2.41. The lowest BCUT2D eigenvalue weighted by atomic mass is 9.76. The minimum atomic E-state index is -4.48. The van der Waals surface area contributed by atoms with Crippen LogP contribution >= 0.6 is 11.6 Å². The highest BCUT2D eigenvalue weighted by Gasteiger charge is 2.47. The maximum Gasteiger partial charge on any atom is 0.416 e. The van der Waals surface area contributed by atoms with Crippen molar-refractivity contribution in [2.24, 2.45) is 0 Å². The van der Waals surface area contributed by atoms with E-state index >= 15 is 0 Å². The van der Waals surface area contributed by atoms with Gasteiger partial charge in [0.25, 0.3) is 0 Å². The number of carbonyl (C=O) groups is 1. The van der Waals surface area contributed by atoms with Crippen molar-refractivity contribution in [3.63, 3.8) is 0 Å². The molecule has 0 saturated heterocycles. The maximum atomic E-state index is 12.9. The second kappa shape index (κ2) is 5.41. The van der Waals surface area contributed by atoms with Crippen LogP contribution in [-0.4, -0.2) is 13.0 Å². The summed E-state index contributed by atoms with van der Waals surface area (Å²) < 4.78 is 44.0. The number of carbonyl (C=O) groups excluding carboxylic acids is 1. The van der Waals surface area contributed by atoms with Gasteiger partial charge in [0, 0.05) is 16.3 Å². The number of ether oxygens (including phenoxy) is 1. The van der Waals surface area contributed by atoms with E-state index in [2.05, 4.69) is 5.32 Å². The van der Waals surface area contributed by atoms with Crippen LogP contribution in [0.5, 0.6) is 5.75 Å². The number of alkyl halides is 3. The fraction of sp³-hybridized carbons (Fsp3) is 0.235. The predicted molar refractivity (Wildman–Crippen MR) is 84.5 cm³/mol. The molecule has 1 heterocycles. The maximum absolute atomic E-state index is 12.9. The molecule has 0 radical (unpaired) electrons. The van der Waals surface area contributed by atoms with Crippen LogP contribution in [0, 0.1) is 0 Å². The lowest BCUT2D eigenvalue weighted by Crippen LogP contribution is -2.32. The topological polar surface area (TPSA) is 38.3 Å². The van der Waals surface area contributed by atoms with Crippen molar-refractivity contribution in [2.45, 2.75) is 18.5 Å². The average Bonchev–Trinajstić information content (AvgIpc) is 2.78. The third-order valence-electron chi connectivity index (χ3n) is 4.29. The van der Waals surface area contributed by atoms with Crippen molar-refractivity contribution in [1.29, 1.82) is 0 Å². The Morgan fingerprint density at radius 2 is 1.83 bits per heavy atom. The van der Waals surface area contributed by atoms with E-state index in [4.69, 9.17) is 16.3 Å². The monoisotopic (exact) mass is 355 g/mol. The molecule has 0 saturated carbocycles. The Kier molecular flexibility index (Phi) is 3.75. The molecule has 0 spiro atoms. The average molecular weight is 356 g/mol. The van der Waals surface area contributed by atoms with Crippen molar-refractivity contribution in [1.82, 2.24) is 0 Å². The van der Waals surface area contributed by atoms with Gasteiger partial charge in [-0.3, -0.25) is 4.79 Å². The quantitative estimate of drug-likeness (QED) is 0.853. The first kappa shape index (κ1) is 16.6. The van der Waals surface area contributed by atoms with Gasteiger partial charge < -0.3 is 10.1 Å². The Morgan fingerprint density at radius 3 is 2.46 bits per heavy atom. The normalized spacial score (nSPS) is 19.8. The molecule has 0 unspecified atom stereocenters. The molecule has 7 heteroatoms. The fourth-order valence-corrected chi connectivity index (χ4v) is 3.14. The van der Waals surface area contributed by atoms with Crippen LogP contribution in [-0.2, 0) is 16.4 Å². The van der Waals surface area contributed by atoms with Crippen molar-refractivity contribution < 1.29 is 22.7 Å². The minimum Gasteiger partial charge on any atom is -0.496 e. The van der Waals surface area contributed by atoms with Gasteiger partial charge in [0.1, 0.15) is 11.2 Å². The standard InChI is InChI=1S/C17H13ClF3NO2/c1-16(12-8-10(18)4-6-14(12)24-2)11-5-3-9(17(19,20)21)7-13(11)22-15(16)23/h3-8H,1-2H3,(H,22,23)/t16-/m0/s1. The summed E-state index contributed by atoms with van der Waals surface area (Å²) in [5.41, 5.74) is -0.937. The molecule has 1 atom stereocenters. The first-order valence-electron chi connectivity index (χ1n) is 7.05. The van der Waals surface area contributed by atoms with Gasteiger partial charge in [0.15, 0.2) is 0 Å². The van der Waals surface area contributed by atoms with Gasteiger partial charge >= 0.3 is 6.18 Å². The fourth-order valence-electron chi connectivity index (χ4n) is 2.97. The van der Waals surface area contributed by atoms with E-state index in [9.17, 15) is 18.0 Å². The first-order valence-corrected chi connectivity index (χ1v) is 7.43. The second-order valence-corrected chi connectivity index (χ2v) is 6.12. The summed E-state index contributed by atoms with van der Waals surface area (Å²) in [7, 11) is 1.45. The molecule has 1 aliphatic rings. The SMILES string of the molecule is COc1ccc(Cl)cc1[C@@]1(C)C(=O)Nc2cc(C(F)(F)F)ccc21. The number of hydrogen-bond acceptors (Lipinski definition) is 2. The smallest absolute Gasteiger partial charge is 0.416 e. The molecule has 1 aliphatic heterocycles. The molecule has 2 aromatic carbocycles. The van der Waals surface area contributed by atoms with E-state index < -0.39 is 23.1 Å². The summed E-state index contributed by atoms with van der Waals surface area (Å²) in [6.07, 6.45) is -4.48. The van der Waals surface area contributed by atoms with E-state index in [0.717, 1.165) is 12.1 Å². The lowest BCUT2D eigenvalue weighted by molar-refractivity contribution is -0.137. The summed E-state index contributed by atoms with van der Waals surface area (Å²) in [6, 6.07) is 8.05. The largest absolute Gasteiger partial charge is 0.496 e. The van der Waals surface area contributed by atoms with Crippen LogP contribution < -0.4 is 10.1 Å². The van der Waals surface area contributed by atoms with E-state index in [1.165, 1.54) is 13.2 Å². The number of rotatable bonds is 2. The van der Waals surface area contributed by atoms with Crippen LogP contribution in [0.2, 0.25) is 5.02 Å². The molecular weight excluding hydrogens is 343 g/mol. The Balaban J connectivity index is 2.21. The van der Waals surface area contributed by atoms with Gasteiger partial charge in [-0.25, -0.2) is 0 Å². The van der Waals surface area contributed by atoms with Crippen LogP contribution in [0.25, 0.3) is 0 Å². The summed E-state index contributed by atoms with van der Waals surface area (Å²) in [5, 5.41) is 2.94. The molecule has 1 N–H and O–H groups in total. The summed E-state index contributed by atoms with van der Waals surface area (Å²) >= 11 is 6.04. The van der Waals surface area contributed by atoms with Gasteiger partial charge in [-0.1, -0.05) is 17.7 Å². The van der Waals surface area contributed by atoms with Crippen LogP contribution in [0.3, 0.4) is 0 Å². The summed E-state index contributed by atoms with van der Waals surface area (Å²) in [6.45, 7) is 1.63. The number of anilines is 1. The minimum absolute atomic E-state index is 0.138. The Morgan fingerprint density at radius 1 is 1.12 bits per heavy atom. The summed E-state index contributed by atoms with van der Waals surface area (Å²) in [5.74, 6) is 0.00203. The van der Waals surface area contributed by atoms with Gasteiger partial charge in [-0.2, -0.15) is 13.2 Å². The number of nitrogens with one attached hydrogen (secondary N) is 1. The number of amides is 1. The lowest BCUT2D eigenvalue weighted by Gasteiger charge is -2.25. The number of methoxy groups -OCH3 is 1. The molecule has 0 aromatic heterocycles. The molecule has 2 aromatic rings. The molecule has 126 valence electrons. The van der Waals surface area contributed by atoms with Gasteiger partial charge in [0.2, 0.25) is 5.91 Å². The van der Waals surface area contributed by atoms with Crippen LogP contribution in [0.1, 0.15) is 23.6 Å². The van der Waals surface area contributed by atoms with Crippen molar-refractivity contribution in [3.8, 4) is 5.75 Å². The number of benzene rings is 2. The number of fused-ring (bicyclic) bond motifs is 1. The Bertz CT molecular complexity index is 835. The Hall–Kier alpha value is -2.21. The van der Waals surface area contributed by atoms with Gasteiger partial charge in [0.05, 0.1) is 12.7 Å². The van der Waals surface area contributed by atoms with E-state index in [1.807, 2.05) is 0 Å². The molecule has 0 bridgehead atoms. The van der Waals surface area contributed by atoms with Crippen LogP contribution in [0.4, 0.5) is 18.9 Å². The molecule has 0 fully saturated rings. The number of halogens is 4. The van der Waals surface area contributed by atoms with E-state index in [1.54, 1.807) is 25.1 Å². The van der Waals surface area contributed by atoms with Gasteiger partial charge in [-0.15, -0.1) is 0 Å². The Labute approximate surface area is 141 Å². The number of hydrogen-bond donors (Lipinski definition) is 1. The molecule has 3 nitrogen and oxygen atoms in total. The van der Waals surface area contributed by atoms with Crippen molar-refractivity contribution >= 4 is 23.2 Å². The van der Waals surface area contributed by atoms with E-state index in [0.29, 0.717) is 21.9 Å². The van der Waals surface area contributed by atoms with Gasteiger partial charge in [-0.05, 0) is 42.8 Å². The highest BCUT2D eigenvalue weighted by atomic mass is 35.5. The highest BCUT2D eigenvalue weighted by Crippen LogP contribution is 2.47. The zero-order chi connectivity index (χ0) is 17.7. The second-order valence-electron chi connectivity index (χ2n) is 5.68. The zero-order valence-corrected chi connectivity index (χ0v) is 13.5. The molecule has 3 rings (SSSR count). The predicted octanol–water partition coefficient (Wildman–Crippen LogP) is 4.63. The third-order valence-corrected chi connectivity index (χ3v) is 4.52. The van der Waals surface area contributed by atoms with Crippen molar-refractivity contribution in [2.75, 3.05) is 12.4 Å². The highest BCUT2D eigenvalue weighted by molar-refractivity contribution is 6.30. The first-order chi connectivity index (χ1) is 11.2. The molecule has 1 amide bonds. The zero-order valence-electron chi connectivity index (χ0n) is 12.8. The molecule has 0 aliphatic carbocycles. The van der Waals surface area contributed by atoms with Crippen LogP contribution in [0.15, 0.2) is 36.4 Å². The molecular formula is C17H13ClF3NO2.